The molecule has 0 aliphatic rings. The van der Waals surface area contributed by atoms with Gasteiger partial charge in [0.15, 0.2) is 0 Å². The molecule has 0 aromatic heterocycles. The highest BCUT2D eigenvalue weighted by atomic mass is 16.5. The van der Waals surface area contributed by atoms with Crippen molar-refractivity contribution in [3.8, 4) is 0 Å². The molecule has 6 heteroatoms. The van der Waals surface area contributed by atoms with Crippen molar-refractivity contribution in [2.45, 2.75) is 207 Å². The summed E-state index contributed by atoms with van der Waals surface area (Å²) >= 11 is 0. The van der Waals surface area contributed by atoms with Gasteiger partial charge in [0.1, 0.15) is 0 Å². The molecule has 0 aromatic carbocycles. The fourth-order valence-electron chi connectivity index (χ4n) is 5.39. The average molecular weight is 693 g/mol. The second-order valence-electron chi connectivity index (χ2n) is 14.0. The number of aliphatic carboxylic acids is 2. The smallest absolute Gasteiger partial charge is 0.330 e. The molecule has 0 rings (SSSR count). The van der Waals surface area contributed by atoms with Crippen LogP contribution >= 0.6 is 0 Å². The van der Waals surface area contributed by atoms with E-state index in [2.05, 4.69) is 33.6 Å². The van der Waals surface area contributed by atoms with Gasteiger partial charge in [-0.05, 0) is 31.6 Å². The maximum Gasteiger partial charge on any atom is 0.330 e. The standard InChI is InChI=1S/C21H40O2.C15H28O2.C7H12O2/c1-3-4-5-6-7-8-9-10-11-12-13-14-15-16-17-18-19-20(2)21(22)23;1-3-5-6-7-8-9-10-11-12-13-14-17-15(16)4-2;1-5(2)4-6(3)7(8)9/h2-19H2,1H3,(H,22,23);4H,2-3,5-14H2,1H3;5H,3-4H2,1-2H3,(H,8,9). The van der Waals surface area contributed by atoms with Crippen molar-refractivity contribution in [3.05, 3.63) is 37.0 Å². The van der Waals surface area contributed by atoms with E-state index in [-0.39, 0.29) is 5.97 Å². The molecule has 0 fully saturated rings. The van der Waals surface area contributed by atoms with Crippen LogP contribution in [0.3, 0.4) is 0 Å². The van der Waals surface area contributed by atoms with E-state index in [4.69, 9.17) is 14.9 Å². The van der Waals surface area contributed by atoms with E-state index in [1.54, 1.807) is 0 Å². The second-order valence-corrected chi connectivity index (χ2v) is 14.0. The van der Waals surface area contributed by atoms with Gasteiger partial charge in [-0.25, -0.2) is 14.4 Å². The first-order valence-corrected chi connectivity index (χ1v) is 20.1. The Balaban J connectivity index is -0.000000711. The lowest BCUT2D eigenvalue weighted by molar-refractivity contribution is -0.138. The summed E-state index contributed by atoms with van der Waals surface area (Å²) in [6.07, 6.45) is 36.9. The van der Waals surface area contributed by atoms with E-state index in [1.807, 2.05) is 13.8 Å². The first-order chi connectivity index (χ1) is 23.5. The summed E-state index contributed by atoms with van der Waals surface area (Å²) < 4.78 is 4.91. The van der Waals surface area contributed by atoms with E-state index in [0.717, 1.165) is 19.3 Å². The molecule has 6 nitrogen and oxygen atoms in total. The Bertz CT molecular complexity index is 800. The van der Waals surface area contributed by atoms with E-state index in [9.17, 15) is 14.4 Å². The van der Waals surface area contributed by atoms with E-state index in [1.165, 1.54) is 154 Å². The number of hydrogen-bond acceptors (Lipinski definition) is 4. The Kier molecular flexibility index (Phi) is 43.5. The van der Waals surface area contributed by atoms with Crippen LogP contribution < -0.4 is 0 Å². The molecular weight excluding hydrogens is 612 g/mol. The highest BCUT2D eigenvalue weighted by Gasteiger charge is 2.05. The van der Waals surface area contributed by atoms with Crippen molar-refractivity contribution in [2.24, 2.45) is 5.92 Å². The minimum Gasteiger partial charge on any atom is -0.478 e. The molecule has 0 heterocycles. The Hall–Kier alpha value is -2.37. The van der Waals surface area contributed by atoms with Gasteiger partial charge in [-0.2, -0.15) is 0 Å². The van der Waals surface area contributed by atoms with Crippen LogP contribution in [0.2, 0.25) is 0 Å². The van der Waals surface area contributed by atoms with E-state index in [0.29, 0.717) is 36.5 Å². The van der Waals surface area contributed by atoms with Gasteiger partial charge >= 0.3 is 17.9 Å². The topological polar surface area (TPSA) is 101 Å². The van der Waals surface area contributed by atoms with Gasteiger partial charge in [-0.1, -0.05) is 202 Å². The van der Waals surface area contributed by atoms with Gasteiger partial charge in [-0.3, -0.25) is 0 Å². The zero-order valence-corrected chi connectivity index (χ0v) is 32.8. The van der Waals surface area contributed by atoms with Crippen molar-refractivity contribution in [3.63, 3.8) is 0 Å². The first-order valence-electron chi connectivity index (χ1n) is 20.1. The van der Waals surface area contributed by atoms with Crippen LogP contribution in [0.5, 0.6) is 0 Å². The Morgan fingerprint density at radius 2 is 0.837 bits per heavy atom. The summed E-state index contributed by atoms with van der Waals surface area (Å²) in [7, 11) is 0. The molecule has 0 radical (unpaired) electrons. The number of carboxylic acid groups (broad SMARTS) is 2. The minimum atomic E-state index is -0.885. The molecule has 0 aliphatic carbocycles. The molecule has 0 saturated carbocycles. The average Bonchev–Trinajstić information content (AvgIpc) is 3.07. The number of esters is 1. The maximum atomic E-state index is 10.7. The molecule has 0 unspecified atom stereocenters. The third kappa shape index (κ3) is 47.8. The van der Waals surface area contributed by atoms with Gasteiger partial charge in [0, 0.05) is 17.2 Å². The predicted molar refractivity (Wildman–Crippen MR) is 210 cm³/mol. The number of ether oxygens (including phenoxy) is 1. The van der Waals surface area contributed by atoms with Gasteiger partial charge in [0.25, 0.3) is 0 Å². The number of carbonyl (C=O) groups excluding carboxylic acids is 1. The van der Waals surface area contributed by atoms with Crippen molar-refractivity contribution in [1.82, 2.24) is 0 Å². The van der Waals surface area contributed by atoms with Crippen LogP contribution in [-0.2, 0) is 19.1 Å². The minimum absolute atomic E-state index is 0.296. The Labute approximate surface area is 303 Å². The highest BCUT2D eigenvalue weighted by molar-refractivity contribution is 5.86. The van der Waals surface area contributed by atoms with Crippen LogP contribution in [0.1, 0.15) is 207 Å². The number of hydrogen-bond donors (Lipinski definition) is 2. The quantitative estimate of drug-likeness (QED) is 0.0403. The second kappa shape index (κ2) is 41.8. The van der Waals surface area contributed by atoms with E-state index >= 15 is 0 Å². The van der Waals surface area contributed by atoms with Crippen LogP contribution in [0, 0.1) is 5.92 Å². The molecule has 49 heavy (non-hydrogen) atoms. The highest BCUT2D eigenvalue weighted by Crippen LogP contribution is 2.15. The van der Waals surface area contributed by atoms with Gasteiger partial charge < -0.3 is 14.9 Å². The largest absolute Gasteiger partial charge is 0.478 e. The molecule has 0 saturated heterocycles. The molecule has 0 atom stereocenters. The molecule has 0 spiro atoms. The van der Waals surface area contributed by atoms with Crippen LogP contribution in [0.4, 0.5) is 0 Å². The molecule has 2 N–H and O–H groups in total. The lowest BCUT2D eigenvalue weighted by atomic mass is 10.0. The summed E-state index contributed by atoms with van der Waals surface area (Å²) in [4.78, 5) is 31.5. The van der Waals surface area contributed by atoms with E-state index < -0.39 is 11.9 Å². The summed E-state index contributed by atoms with van der Waals surface area (Å²) in [6.45, 7) is 19.3. The predicted octanol–water partition coefficient (Wildman–Crippen LogP) is 13.6. The van der Waals surface area contributed by atoms with Crippen molar-refractivity contribution in [1.29, 1.82) is 0 Å². The van der Waals surface area contributed by atoms with Gasteiger partial charge in [0.05, 0.1) is 6.61 Å². The molecule has 0 amide bonds. The van der Waals surface area contributed by atoms with Crippen molar-refractivity contribution >= 4 is 17.9 Å². The molecule has 0 aliphatic heterocycles. The molecule has 0 aromatic rings. The van der Waals surface area contributed by atoms with Crippen molar-refractivity contribution in [2.75, 3.05) is 6.61 Å². The Morgan fingerprint density at radius 3 is 1.10 bits per heavy atom. The number of rotatable bonds is 33. The number of carboxylic acids is 2. The zero-order valence-electron chi connectivity index (χ0n) is 32.8. The zero-order chi connectivity index (χ0) is 37.4. The molecule has 0 bridgehead atoms. The monoisotopic (exact) mass is 693 g/mol. The molecule has 288 valence electrons. The first kappa shape index (κ1) is 51.0. The van der Waals surface area contributed by atoms with Gasteiger partial charge in [0.2, 0.25) is 0 Å². The third-order valence-electron chi connectivity index (χ3n) is 8.50. The lowest BCUT2D eigenvalue weighted by Crippen LogP contribution is -2.01. The fraction of sp³-hybridized carbons (Fsp3) is 0.791. The number of unbranched alkanes of at least 4 members (excludes halogenated alkanes) is 24. The summed E-state index contributed by atoms with van der Waals surface area (Å²) in [5.74, 6) is -1.65. The number of carbonyl (C=O) groups is 3. The van der Waals surface area contributed by atoms with Crippen LogP contribution in [0.15, 0.2) is 37.0 Å². The summed E-state index contributed by atoms with van der Waals surface area (Å²) in [5, 5.41) is 17.0. The maximum absolute atomic E-state index is 10.7. The lowest BCUT2D eigenvalue weighted by Gasteiger charge is -2.04. The Morgan fingerprint density at radius 1 is 0.531 bits per heavy atom. The third-order valence-corrected chi connectivity index (χ3v) is 8.50. The van der Waals surface area contributed by atoms with Crippen LogP contribution in [0.25, 0.3) is 0 Å². The summed E-state index contributed by atoms with van der Waals surface area (Å²) in [5.41, 5.74) is 0.653. The SMILES string of the molecule is C=C(CC(C)C)C(=O)O.C=C(CCCCCCCCCCCCCCCCCC)C(=O)O.C=CC(=O)OCCCCCCCCCCCC. The van der Waals surface area contributed by atoms with Crippen molar-refractivity contribution < 1.29 is 29.3 Å². The van der Waals surface area contributed by atoms with Crippen LogP contribution in [-0.4, -0.2) is 34.7 Å². The summed E-state index contributed by atoms with van der Waals surface area (Å²) in [6, 6.07) is 0. The normalized spacial score (nSPS) is 10.4. The van der Waals surface area contributed by atoms with Gasteiger partial charge in [-0.15, -0.1) is 0 Å². The molecular formula is C43H80O6. The fourth-order valence-corrected chi connectivity index (χ4v) is 5.39.